The first-order valence-electron chi connectivity index (χ1n) is 26.7. The number of nitrogens with two attached hydrogens (primary N) is 1. The summed E-state index contributed by atoms with van der Waals surface area (Å²) in [6.07, 6.45) is -4.37. The van der Waals surface area contributed by atoms with E-state index in [9.17, 15) is 68.4 Å². The number of hydrogen-bond donors (Lipinski definition) is 17. The first-order valence-corrected chi connectivity index (χ1v) is 26.7. The van der Waals surface area contributed by atoms with Gasteiger partial charge in [-0.1, -0.05) is 109 Å². The molecule has 1 heterocycles. The van der Waals surface area contributed by atoms with Gasteiger partial charge in [0, 0.05) is 6.54 Å². The largest absolute Gasteiger partial charge is 0.445 e. The highest BCUT2D eigenvalue weighted by Gasteiger charge is 2.41. The Hall–Kier alpha value is -7.95. The predicted molar refractivity (Wildman–Crippen MR) is 292 cm³/mol. The van der Waals surface area contributed by atoms with Gasteiger partial charge in [-0.05, 0) is 55.1 Å². The number of amides is 10. The van der Waals surface area contributed by atoms with E-state index >= 15 is 0 Å². The molecule has 1 aliphatic heterocycles. The van der Waals surface area contributed by atoms with Crippen LogP contribution in [0.25, 0.3) is 0 Å². The summed E-state index contributed by atoms with van der Waals surface area (Å²) < 4.78 is 5.46. The van der Waals surface area contributed by atoms with E-state index in [4.69, 9.17) is 15.9 Å². The Kier molecular flexibility index (Phi) is 27.9. The molecule has 0 bridgehead atoms. The molecule has 81 heavy (non-hydrogen) atoms. The molecular formula is C53H81N13O15. The molecule has 28 nitrogen and oxygen atoms in total. The maximum Gasteiger partial charge on any atom is 0.408 e. The minimum atomic E-state index is -1.96. The van der Waals surface area contributed by atoms with Crippen LogP contribution < -0.4 is 64.2 Å². The zero-order valence-corrected chi connectivity index (χ0v) is 46.6. The monoisotopic (exact) mass is 1140 g/mol. The third-order valence-electron chi connectivity index (χ3n) is 13.1. The van der Waals surface area contributed by atoms with Gasteiger partial charge in [-0.2, -0.15) is 0 Å². The van der Waals surface area contributed by atoms with Gasteiger partial charge in [-0.15, -0.1) is 0 Å². The van der Waals surface area contributed by atoms with Crippen molar-refractivity contribution in [1.82, 2.24) is 58.5 Å². The van der Waals surface area contributed by atoms with Crippen molar-refractivity contribution >= 4 is 65.2 Å². The van der Waals surface area contributed by atoms with Gasteiger partial charge in [0.15, 0.2) is 5.96 Å². The quantitative estimate of drug-likeness (QED) is 0.0413. The first-order chi connectivity index (χ1) is 38.3. The predicted octanol–water partition coefficient (Wildman–Crippen LogP) is -3.60. The average molecular weight is 1140 g/mol. The average Bonchev–Trinajstić information content (AvgIpc) is 3.47. The van der Waals surface area contributed by atoms with Crippen molar-refractivity contribution in [2.75, 3.05) is 26.3 Å². The highest BCUT2D eigenvalue weighted by Crippen LogP contribution is 2.20. The zero-order chi connectivity index (χ0) is 60.5. The summed E-state index contributed by atoms with van der Waals surface area (Å²) in [5.74, 6) is -11.9. The molecule has 2 aromatic carbocycles. The zero-order valence-electron chi connectivity index (χ0n) is 46.6. The molecule has 28 heteroatoms. The van der Waals surface area contributed by atoms with Crippen molar-refractivity contribution in [1.29, 1.82) is 5.41 Å². The Morgan fingerprint density at radius 3 is 1.74 bits per heavy atom. The second kappa shape index (κ2) is 33.6. The molecule has 18 N–H and O–H groups in total. The Morgan fingerprint density at radius 1 is 0.654 bits per heavy atom. The maximum atomic E-state index is 15.0. The molecule has 1 fully saturated rings. The van der Waals surface area contributed by atoms with Gasteiger partial charge in [0.05, 0.1) is 38.0 Å². The normalized spacial score (nSPS) is 24.8. The molecule has 1 saturated heterocycles. The van der Waals surface area contributed by atoms with Crippen LogP contribution in [0.15, 0.2) is 60.7 Å². The highest BCUT2D eigenvalue weighted by molar-refractivity contribution is 5.99. The number of benzene rings is 2. The number of ether oxygens (including phenoxy) is 1. The summed E-state index contributed by atoms with van der Waals surface area (Å²) in [4.78, 5) is 141. The van der Waals surface area contributed by atoms with Gasteiger partial charge >= 0.3 is 6.09 Å². The number of aliphatic hydroxyl groups excluding tert-OH is 4. The van der Waals surface area contributed by atoms with Crippen molar-refractivity contribution in [2.24, 2.45) is 23.5 Å². The molecule has 10 amide bonds. The van der Waals surface area contributed by atoms with Crippen LogP contribution in [0.3, 0.4) is 0 Å². The Labute approximate surface area is 469 Å². The Balaban J connectivity index is 2.28. The van der Waals surface area contributed by atoms with E-state index < -0.39 is 157 Å². The molecule has 0 aliphatic carbocycles. The van der Waals surface area contributed by atoms with Crippen LogP contribution in [0.5, 0.6) is 0 Å². The lowest BCUT2D eigenvalue weighted by Gasteiger charge is -2.33. The van der Waals surface area contributed by atoms with Gasteiger partial charge in [0.25, 0.3) is 0 Å². The van der Waals surface area contributed by atoms with Crippen LogP contribution in [0.4, 0.5) is 4.79 Å². The van der Waals surface area contributed by atoms with Crippen LogP contribution in [0.1, 0.15) is 91.3 Å². The van der Waals surface area contributed by atoms with Gasteiger partial charge in [-0.25, -0.2) is 4.79 Å². The van der Waals surface area contributed by atoms with Crippen molar-refractivity contribution in [3.8, 4) is 0 Å². The fourth-order valence-electron chi connectivity index (χ4n) is 8.22. The van der Waals surface area contributed by atoms with Gasteiger partial charge in [0.2, 0.25) is 53.2 Å². The van der Waals surface area contributed by atoms with E-state index in [1.807, 2.05) is 0 Å². The maximum absolute atomic E-state index is 15.0. The number of hydrogen-bond acceptors (Lipinski definition) is 16. The fourth-order valence-corrected chi connectivity index (χ4v) is 8.22. The molecule has 1 aliphatic rings. The van der Waals surface area contributed by atoms with E-state index in [0.717, 1.165) is 6.92 Å². The van der Waals surface area contributed by atoms with Crippen molar-refractivity contribution in [3.63, 3.8) is 0 Å². The van der Waals surface area contributed by atoms with Gasteiger partial charge in [0.1, 0.15) is 54.9 Å². The van der Waals surface area contributed by atoms with E-state index in [2.05, 4.69) is 58.5 Å². The lowest BCUT2D eigenvalue weighted by Crippen LogP contribution is -2.64. The summed E-state index contributed by atoms with van der Waals surface area (Å²) in [5, 5.41) is 77.5. The molecule has 0 spiro atoms. The number of carbonyl (C=O) groups is 10. The molecule has 0 unspecified atom stereocenters. The second-order valence-electron chi connectivity index (χ2n) is 20.4. The van der Waals surface area contributed by atoms with Crippen LogP contribution in [0.2, 0.25) is 0 Å². The molecule has 0 radical (unpaired) electrons. The van der Waals surface area contributed by atoms with Gasteiger partial charge in [-0.3, -0.25) is 48.6 Å². The third-order valence-corrected chi connectivity index (χ3v) is 13.1. The molecular weight excluding hydrogens is 1060 g/mol. The van der Waals surface area contributed by atoms with E-state index in [-0.39, 0.29) is 56.3 Å². The summed E-state index contributed by atoms with van der Waals surface area (Å²) in [6, 6.07) is 0.594. The molecule has 3 rings (SSSR count). The third kappa shape index (κ3) is 21.9. The van der Waals surface area contributed by atoms with Crippen LogP contribution in [0, 0.1) is 23.2 Å². The molecule has 0 aromatic heterocycles. The van der Waals surface area contributed by atoms with E-state index in [1.165, 1.54) is 38.1 Å². The highest BCUT2D eigenvalue weighted by atomic mass is 16.5. The number of alkyl carbamates (subject to hydrolysis) is 1. The van der Waals surface area contributed by atoms with Crippen LogP contribution in [-0.4, -0.2) is 172 Å². The number of nitrogens with one attached hydrogen (secondary N) is 12. The van der Waals surface area contributed by atoms with Crippen molar-refractivity contribution in [2.45, 2.75) is 147 Å². The Bertz CT molecular complexity index is 2450. The fraction of sp³-hybridized carbons (Fsp3) is 0.566. The van der Waals surface area contributed by atoms with Crippen molar-refractivity contribution < 1.29 is 73.1 Å². The Morgan fingerprint density at radius 2 is 1.17 bits per heavy atom. The summed E-state index contributed by atoms with van der Waals surface area (Å²) >= 11 is 0. The number of carbonyl (C=O) groups excluding carboxylic acids is 10. The minimum Gasteiger partial charge on any atom is -0.445 e. The second-order valence-corrected chi connectivity index (χ2v) is 20.4. The molecule has 12 atom stereocenters. The summed E-state index contributed by atoms with van der Waals surface area (Å²) in [5.41, 5.74) is 6.14. The molecule has 0 saturated carbocycles. The van der Waals surface area contributed by atoms with Crippen molar-refractivity contribution in [3.05, 3.63) is 71.8 Å². The number of aliphatic hydroxyl groups is 4. The van der Waals surface area contributed by atoms with Crippen LogP contribution >= 0.6 is 0 Å². The summed E-state index contributed by atoms with van der Waals surface area (Å²) in [7, 11) is 0. The smallest absolute Gasteiger partial charge is 0.408 e. The minimum absolute atomic E-state index is 0.0549. The van der Waals surface area contributed by atoms with Gasteiger partial charge < -0.3 is 89.4 Å². The van der Waals surface area contributed by atoms with E-state index in [0.29, 0.717) is 5.56 Å². The lowest BCUT2D eigenvalue weighted by molar-refractivity contribution is -0.138. The number of guanidine groups is 1. The summed E-state index contributed by atoms with van der Waals surface area (Å²) in [6.45, 7) is 7.63. The van der Waals surface area contributed by atoms with Crippen LogP contribution in [-0.2, 0) is 54.5 Å². The first kappa shape index (κ1) is 67.3. The lowest BCUT2D eigenvalue weighted by atomic mass is 9.94. The standard InChI is InChI=1S/C53H81N13O15/c1-8-29(6)38-49(77)63-39(30(7)69)48(76)57-23-37(70)58-35(24-67)46(74)61-36(25-68)47(75)64-40(32-18-13-10-14-19-32)41(66-53(80)81-26-31-16-11-9-12-17-31)50(78)65-42(43(71)28(4)5)51(79)60-34(22-27(2)3)45(73)59-33(44(72)62-38)20-15-21-56-52(54)55/h9-14,16-19,27-30,33-36,38-43,67-69,71H,8,15,20-26H2,1-7H3,(H,57,76)(H,58,70)(H,59,73)(H,60,79)(H,61,74)(H,62,72)(H,63,77)(H,64,75)(H,65,78)(H,66,80)(H4,54,55,56)/t29-,30-,33+,34-,35-,36-,38-,39-,40+,41-,42-,43+/m0/s1. The number of rotatable bonds is 17. The topological polar surface area (TPSA) is 443 Å². The van der Waals surface area contributed by atoms with E-state index in [1.54, 1.807) is 64.1 Å². The molecule has 2 aromatic rings. The molecule has 448 valence electrons. The SMILES string of the molecule is CC[C@H](C)[C@@H]1NC(=O)[C@@H](CCCNC(=N)N)NC(=O)[C@H](CC(C)C)NC(=O)[C@H]([C@H](O)C(C)C)NC(=O)[C@@H](NC(=O)OCc2ccccc2)[C@@H](c2ccccc2)NC(=O)[C@H](CO)NC(=O)[C@H](CO)NC(=O)CNC(=O)[C@H]([C@H](C)O)NC1=O.